The minimum atomic E-state index is -0.312. The Morgan fingerprint density at radius 2 is 1.82 bits per heavy atom. The Hall–Kier alpha value is -0.120. The monoisotopic (exact) mass is 312 g/mol. The van der Waals surface area contributed by atoms with Crippen molar-refractivity contribution in [1.82, 2.24) is 0 Å². The number of hydrogen-bond acceptors (Lipinski definition) is 2. The maximum absolute atomic E-state index is 10.4. The Bertz CT molecular complexity index is 325. The van der Waals surface area contributed by atoms with Crippen LogP contribution in [-0.2, 0) is 4.74 Å². The smallest absolute Gasteiger partial charge is 0.126 e. The van der Waals surface area contributed by atoms with Crippen molar-refractivity contribution in [2.75, 3.05) is 33.3 Å². The molecule has 0 radical (unpaired) electrons. The minimum Gasteiger partial charge on any atom is -0.385 e. The maximum atomic E-state index is 10.4. The Kier molecular flexibility index (Phi) is 6.73. The van der Waals surface area contributed by atoms with Crippen molar-refractivity contribution < 1.29 is 14.3 Å². The summed E-state index contributed by atoms with van der Waals surface area (Å²) in [4.78, 5) is 0. The van der Waals surface area contributed by atoms with E-state index in [0.717, 1.165) is 16.9 Å². The number of quaternary nitrogens is 1. The van der Waals surface area contributed by atoms with Crippen LogP contribution in [0.1, 0.15) is 59.3 Å². The van der Waals surface area contributed by atoms with Gasteiger partial charge in [-0.15, -0.1) is 0 Å². The van der Waals surface area contributed by atoms with Crippen molar-refractivity contribution in [3.63, 3.8) is 0 Å². The third-order valence-electron chi connectivity index (χ3n) is 6.01. The van der Waals surface area contributed by atoms with Gasteiger partial charge in [-0.3, -0.25) is 0 Å². The molecule has 22 heavy (non-hydrogen) atoms. The minimum absolute atomic E-state index is 0.312. The Morgan fingerprint density at radius 1 is 1.14 bits per heavy atom. The summed E-state index contributed by atoms with van der Waals surface area (Å²) in [7, 11) is 2.29. The van der Waals surface area contributed by atoms with Crippen molar-refractivity contribution in [2.45, 2.75) is 71.5 Å². The number of likely N-dealkylation sites (tertiary alicyclic amines) is 1. The molecule has 0 aromatic heterocycles. The van der Waals surface area contributed by atoms with E-state index in [1.807, 2.05) is 0 Å². The van der Waals surface area contributed by atoms with E-state index in [2.05, 4.69) is 27.8 Å². The molecule has 3 nitrogen and oxygen atoms in total. The quantitative estimate of drug-likeness (QED) is 0.761. The average molecular weight is 313 g/mol. The molecule has 0 amide bonds. The maximum Gasteiger partial charge on any atom is 0.126 e. The van der Waals surface area contributed by atoms with Crippen molar-refractivity contribution in [2.24, 2.45) is 17.8 Å². The Labute approximate surface area is 137 Å². The van der Waals surface area contributed by atoms with E-state index in [1.54, 1.807) is 0 Å². The van der Waals surface area contributed by atoms with E-state index in [4.69, 9.17) is 4.74 Å². The number of nitrogens with zero attached hydrogens (tertiary/aromatic N) is 1. The van der Waals surface area contributed by atoms with E-state index in [-0.39, 0.29) is 6.10 Å². The van der Waals surface area contributed by atoms with Crippen molar-refractivity contribution in [3.8, 4) is 0 Å². The third-order valence-corrected chi connectivity index (χ3v) is 6.01. The summed E-state index contributed by atoms with van der Waals surface area (Å²) in [5.41, 5.74) is 0. The van der Waals surface area contributed by atoms with Gasteiger partial charge in [-0.05, 0) is 49.9 Å². The molecule has 0 bridgehead atoms. The van der Waals surface area contributed by atoms with E-state index in [1.165, 1.54) is 51.6 Å². The van der Waals surface area contributed by atoms with Crippen LogP contribution in [0.25, 0.3) is 0 Å². The fourth-order valence-electron chi connectivity index (χ4n) is 4.56. The van der Waals surface area contributed by atoms with Gasteiger partial charge in [-0.25, -0.2) is 0 Å². The number of ether oxygens (including phenoxy) is 1. The van der Waals surface area contributed by atoms with Crippen LogP contribution in [0, 0.1) is 17.8 Å². The lowest BCUT2D eigenvalue weighted by atomic mass is 9.75. The molecule has 130 valence electrons. The molecule has 1 heterocycles. The number of rotatable bonds is 6. The van der Waals surface area contributed by atoms with Crippen molar-refractivity contribution >= 4 is 0 Å². The standard InChI is InChI=1S/C19H38NO2/c1-15(2)18-9-8-16(3)12-19(18)22-14-17(21)13-20(4)10-6-5-7-11-20/h15-19,21H,5-14H2,1-4H3/q+1/t16-,17+,18+,19+/m0/s1. The van der Waals surface area contributed by atoms with Gasteiger partial charge in [-0.1, -0.05) is 27.2 Å². The van der Waals surface area contributed by atoms with Crippen LogP contribution in [0.4, 0.5) is 0 Å². The molecule has 2 fully saturated rings. The molecule has 3 heteroatoms. The molecular weight excluding hydrogens is 274 g/mol. The van der Waals surface area contributed by atoms with Crippen LogP contribution in [0.15, 0.2) is 0 Å². The number of piperidine rings is 1. The first-order chi connectivity index (χ1) is 10.4. The Balaban J connectivity index is 1.79. The number of aliphatic hydroxyl groups is 1. The fraction of sp³-hybridized carbons (Fsp3) is 1.00. The lowest BCUT2D eigenvalue weighted by Crippen LogP contribution is -2.53. The van der Waals surface area contributed by atoms with Crippen molar-refractivity contribution in [1.29, 1.82) is 0 Å². The predicted molar refractivity (Wildman–Crippen MR) is 91.7 cm³/mol. The number of aliphatic hydroxyl groups excluding tert-OH is 1. The second-order valence-electron chi connectivity index (χ2n) is 8.66. The van der Waals surface area contributed by atoms with Crippen LogP contribution >= 0.6 is 0 Å². The highest BCUT2D eigenvalue weighted by Crippen LogP contribution is 2.35. The van der Waals surface area contributed by atoms with Crippen LogP contribution in [0.2, 0.25) is 0 Å². The fourth-order valence-corrected chi connectivity index (χ4v) is 4.56. The molecule has 0 unspecified atom stereocenters. The third kappa shape index (κ3) is 5.21. The first-order valence-corrected chi connectivity index (χ1v) is 9.53. The SMILES string of the molecule is CC(C)[C@H]1CC[C@H](C)C[C@H]1OC[C@H](O)C[N+]1(C)CCCCC1. The highest BCUT2D eigenvalue weighted by Gasteiger charge is 2.33. The lowest BCUT2D eigenvalue weighted by molar-refractivity contribution is -0.916. The molecule has 4 atom stereocenters. The molecule has 1 N–H and O–H groups in total. The Morgan fingerprint density at radius 3 is 2.45 bits per heavy atom. The van der Waals surface area contributed by atoms with Gasteiger partial charge >= 0.3 is 0 Å². The highest BCUT2D eigenvalue weighted by molar-refractivity contribution is 4.81. The summed E-state index contributed by atoms with van der Waals surface area (Å²) in [6.45, 7) is 10.8. The molecule has 0 aromatic rings. The first kappa shape index (κ1) is 18.2. The molecule has 2 aliphatic rings. The van der Waals surface area contributed by atoms with Gasteiger partial charge in [-0.2, -0.15) is 0 Å². The van der Waals surface area contributed by atoms with Gasteiger partial charge in [0.25, 0.3) is 0 Å². The average Bonchev–Trinajstić information content (AvgIpc) is 2.45. The summed E-state index contributed by atoms with van der Waals surface area (Å²) in [5.74, 6) is 2.12. The van der Waals surface area contributed by atoms with Crippen LogP contribution < -0.4 is 0 Å². The highest BCUT2D eigenvalue weighted by atomic mass is 16.5. The molecule has 1 aliphatic heterocycles. The van der Waals surface area contributed by atoms with Gasteiger partial charge in [0.15, 0.2) is 0 Å². The molecular formula is C19H38NO2+. The number of hydrogen-bond donors (Lipinski definition) is 1. The molecule has 2 rings (SSSR count). The van der Waals surface area contributed by atoms with Gasteiger partial charge < -0.3 is 14.3 Å². The van der Waals surface area contributed by atoms with Gasteiger partial charge in [0.1, 0.15) is 12.6 Å². The summed E-state index contributed by atoms with van der Waals surface area (Å²) < 4.78 is 7.24. The van der Waals surface area contributed by atoms with Crippen LogP contribution in [-0.4, -0.2) is 55.1 Å². The molecule has 0 aromatic carbocycles. The zero-order chi connectivity index (χ0) is 16.2. The normalized spacial score (nSPS) is 33.8. The largest absolute Gasteiger partial charge is 0.385 e. The van der Waals surface area contributed by atoms with E-state index in [9.17, 15) is 5.11 Å². The summed E-state index contributed by atoms with van der Waals surface area (Å²) in [6, 6.07) is 0. The lowest BCUT2D eigenvalue weighted by Gasteiger charge is -2.40. The number of likely N-dealkylation sites (N-methyl/N-ethyl adjacent to an activating group) is 1. The van der Waals surface area contributed by atoms with Gasteiger partial charge in [0, 0.05) is 0 Å². The predicted octanol–water partition coefficient (Wildman–Crippen LogP) is 3.46. The van der Waals surface area contributed by atoms with Gasteiger partial charge in [0.05, 0.1) is 32.8 Å². The van der Waals surface area contributed by atoms with Crippen LogP contribution in [0.5, 0.6) is 0 Å². The topological polar surface area (TPSA) is 29.5 Å². The summed E-state index contributed by atoms with van der Waals surface area (Å²) in [6.07, 6.45) is 7.79. The molecule has 1 aliphatic carbocycles. The second-order valence-corrected chi connectivity index (χ2v) is 8.66. The second kappa shape index (κ2) is 8.12. The van der Waals surface area contributed by atoms with Gasteiger partial charge in [0.2, 0.25) is 0 Å². The van der Waals surface area contributed by atoms with E-state index in [0.29, 0.717) is 24.5 Å². The zero-order valence-electron chi connectivity index (χ0n) is 15.3. The molecule has 1 saturated carbocycles. The molecule has 1 saturated heterocycles. The van der Waals surface area contributed by atoms with E-state index >= 15 is 0 Å². The zero-order valence-corrected chi connectivity index (χ0v) is 15.3. The first-order valence-electron chi connectivity index (χ1n) is 9.53. The van der Waals surface area contributed by atoms with Crippen LogP contribution in [0.3, 0.4) is 0 Å². The summed E-state index contributed by atoms with van der Waals surface area (Å²) in [5, 5.41) is 10.4. The van der Waals surface area contributed by atoms with E-state index < -0.39 is 0 Å². The van der Waals surface area contributed by atoms with Crippen molar-refractivity contribution in [3.05, 3.63) is 0 Å². The molecule has 0 spiro atoms. The summed E-state index contributed by atoms with van der Waals surface area (Å²) >= 11 is 0.